The molecule has 0 atom stereocenters. The lowest BCUT2D eigenvalue weighted by Gasteiger charge is -2.07. The first-order valence-corrected chi connectivity index (χ1v) is 5.60. The normalized spacial score (nSPS) is 10.1. The van der Waals surface area contributed by atoms with Gasteiger partial charge < -0.3 is 10.6 Å². The summed E-state index contributed by atoms with van der Waals surface area (Å²) in [5.74, 6) is -1.95. The zero-order valence-corrected chi connectivity index (χ0v) is 10.5. The third-order valence-electron chi connectivity index (χ3n) is 1.86. The van der Waals surface area contributed by atoms with E-state index in [1.807, 2.05) is 0 Å². The summed E-state index contributed by atoms with van der Waals surface area (Å²) in [4.78, 5) is 11.4. The fourth-order valence-electron chi connectivity index (χ4n) is 1.10. The SMILES string of the molecule is C=CCNCC(=O)Nc1cc(Br)c(F)cc1F. The molecule has 0 saturated carbocycles. The van der Waals surface area contributed by atoms with E-state index in [9.17, 15) is 13.6 Å². The van der Waals surface area contributed by atoms with Crippen molar-refractivity contribution in [1.82, 2.24) is 5.32 Å². The topological polar surface area (TPSA) is 41.1 Å². The molecule has 2 N–H and O–H groups in total. The number of amides is 1. The van der Waals surface area contributed by atoms with Gasteiger partial charge in [0.15, 0.2) is 0 Å². The molecule has 0 unspecified atom stereocenters. The maximum Gasteiger partial charge on any atom is 0.238 e. The molecule has 0 aromatic heterocycles. The van der Waals surface area contributed by atoms with Crippen molar-refractivity contribution in [2.24, 2.45) is 0 Å². The van der Waals surface area contributed by atoms with Crippen molar-refractivity contribution in [3.05, 3.63) is 40.9 Å². The summed E-state index contributed by atoms with van der Waals surface area (Å²) in [7, 11) is 0. The van der Waals surface area contributed by atoms with Crippen LogP contribution in [0.3, 0.4) is 0 Å². The molecule has 0 bridgehead atoms. The van der Waals surface area contributed by atoms with Crippen molar-refractivity contribution in [1.29, 1.82) is 0 Å². The third-order valence-corrected chi connectivity index (χ3v) is 2.47. The van der Waals surface area contributed by atoms with E-state index >= 15 is 0 Å². The first kappa shape index (κ1) is 13.8. The van der Waals surface area contributed by atoms with Crippen LogP contribution in [0.15, 0.2) is 29.3 Å². The van der Waals surface area contributed by atoms with Crippen molar-refractivity contribution >= 4 is 27.5 Å². The Hall–Kier alpha value is -1.27. The highest BCUT2D eigenvalue weighted by molar-refractivity contribution is 9.10. The third kappa shape index (κ3) is 4.24. The number of benzene rings is 1. The van der Waals surface area contributed by atoms with Gasteiger partial charge in [-0.15, -0.1) is 6.58 Å². The van der Waals surface area contributed by atoms with Crippen LogP contribution in [0.25, 0.3) is 0 Å². The molecular formula is C11H11BrF2N2O. The van der Waals surface area contributed by atoms with Gasteiger partial charge >= 0.3 is 0 Å². The van der Waals surface area contributed by atoms with Crippen LogP contribution in [0.2, 0.25) is 0 Å². The fraction of sp³-hybridized carbons (Fsp3) is 0.182. The van der Waals surface area contributed by atoms with Crippen LogP contribution in [0, 0.1) is 11.6 Å². The maximum atomic E-state index is 13.3. The molecule has 0 radical (unpaired) electrons. The highest BCUT2D eigenvalue weighted by Crippen LogP contribution is 2.23. The number of hydrogen-bond acceptors (Lipinski definition) is 2. The minimum Gasteiger partial charge on any atom is -0.322 e. The van der Waals surface area contributed by atoms with Crippen LogP contribution < -0.4 is 10.6 Å². The van der Waals surface area contributed by atoms with E-state index in [0.29, 0.717) is 12.6 Å². The second kappa shape index (κ2) is 6.46. The monoisotopic (exact) mass is 304 g/mol. The Bertz CT molecular complexity index is 438. The second-order valence-electron chi connectivity index (χ2n) is 3.21. The molecule has 0 aliphatic rings. The smallest absolute Gasteiger partial charge is 0.238 e. The summed E-state index contributed by atoms with van der Waals surface area (Å²) >= 11 is 2.91. The first-order valence-electron chi connectivity index (χ1n) is 4.80. The quantitative estimate of drug-likeness (QED) is 0.498. The number of hydrogen-bond donors (Lipinski definition) is 2. The van der Waals surface area contributed by atoms with Crippen molar-refractivity contribution in [3.8, 4) is 0 Å². The van der Waals surface area contributed by atoms with E-state index in [1.54, 1.807) is 6.08 Å². The molecule has 1 rings (SSSR count). The molecule has 0 heterocycles. The largest absolute Gasteiger partial charge is 0.322 e. The van der Waals surface area contributed by atoms with Crippen LogP contribution in [-0.2, 0) is 4.79 Å². The summed E-state index contributed by atoms with van der Waals surface area (Å²) in [6, 6.07) is 1.88. The molecule has 1 aromatic rings. The summed E-state index contributed by atoms with van der Waals surface area (Å²) in [6.45, 7) is 3.98. The summed E-state index contributed by atoms with van der Waals surface area (Å²) < 4.78 is 26.3. The predicted octanol–water partition coefficient (Wildman–Crippen LogP) is 2.44. The van der Waals surface area contributed by atoms with Gasteiger partial charge in [-0.25, -0.2) is 8.78 Å². The number of rotatable bonds is 5. The van der Waals surface area contributed by atoms with E-state index in [2.05, 4.69) is 33.1 Å². The van der Waals surface area contributed by atoms with Gasteiger partial charge in [0.05, 0.1) is 16.7 Å². The minimum absolute atomic E-state index is 0.0282. The zero-order valence-electron chi connectivity index (χ0n) is 8.90. The fourth-order valence-corrected chi connectivity index (χ4v) is 1.44. The number of nitrogens with one attached hydrogen (secondary N) is 2. The highest BCUT2D eigenvalue weighted by atomic mass is 79.9. The summed E-state index contributed by atoms with van der Waals surface area (Å²) in [5.41, 5.74) is -0.0660. The number of carbonyl (C=O) groups excluding carboxylic acids is 1. The molecule has 17 heavy (non-hydrogen) atoms. The molecule has 92 valence electrons. The summed E-state index contributed by atoms with van der Waals surface area (Å²) in [6.07, 6.45) is 1.60. The minimum atomic E-state index is -0.817. The van der Waals surface area contributed by atoms with Crippen molar-refractivity contribution in [2.75, 3.05) is 18.4 Å². The van der Waals surface area contributed by atoms with Gasteiger partial charge in [-0.3, -0.25) is 4.79 Å². The van der Waals surface area contributed by atoms with Gasteiger partial charge in [-0.05, 0) is 22.0 Å². The van der Waals surface area contributed by atoms with Crippen LogP contribution in [-0.4, -0.2) is 19.0 Å². The van der Waals surface area contributed by atoms with E-state index < -0.39 is 17.5 Å². The Labute approximate surface area is 106 Å². The predicted molar refractivity (Wildman–Crippen MR) is 65.8 cm³/mol. The molecule has 6 heteroatoms. The lowest BCUT2D eigenvalue weighted by Crippen LogP contribution is -2.28. The van der Waals surface area contributed by atoms with E-state index in [-0.39, 0.29) is 16.7 Å². The number of anilines is 1. The van der Waals surface area contributed by atoms with Gasteiger partial charge in [0, 0.05) is 12.6 Å². The second-order valence-corrected chi connectivity index (χ2v) is 4.07. The van der Waals surface area contributed by atoms with Crippen molar-refractivity contribution < 1.29 is 13.6 Å². The average Bonchev–Trinajstić information content (AvgIpc) is 2.26. The molecule has 1 amide bonds. The van der Waals surface area contributed by atoms with E-state index in [1.165, 1.54) is 6.07 Å². The van der Waals surface area contributed by atoms with Crippen LogP contribution in [0.1, 0.15) is 0 Å². The van der Waals surface area contributed by atoms with Gasteiger partial charge in [0.2, 0.25) is 5.91 Å². The lowest BCUT2D eigenvalue weighted by atomic mass is 10.3. The lowest BCUT2D eigenvalue weighted by molar-refractivity contribution is -0.115. The molecular weight excluding hydrogens is 294 g/mol. The Balaban J connectivity index is 2.65. The number of carbonyl (C=O) groups is 1. The molecule has 1 aromatic carbocycles. The Kier molecular flexibility index (Phi) is 5.24. The molecule has 3 nitrogen and oxygen atoms in total. The van der Waals surface area contributed by atoms with Crippen LogP contribution >= 0.6 is 15.9 Å². The maximum absolute atomic E-state index is 13.3. The van der Waals surface area contributed by atoms with Gasteiger partial charge in [-0.1, -0.05) is 6.08 Å². The Morgan fingerprint density at radius 1 is 1.41 bits per heavy atom. The van der Waals surface area contributed by atoms with Crippen LogP contribution in [0.4, 0.5) is 14.5 Å². The molecule has 0 spiro atoms. The van der Waals surface area contributed by atoms with Crippen LogP contribution in [0.5, 0.6) is 0 Å². The van der Waals surface area contributed by atoms with Crippen molar-refractivity contribution in [2.45, 2.75) is 0 Å². The average molecular weight is 305 g/mol. The van der Waals surface area contributed by atoms with E-state index in [0.717, 1.165) is 0 Å². The highest BCUT2D eigenvalue weighted by Gasteiger charge is 2.10. The zero-order chi connectivity index (χ0) is 12.8. The standard InChI is InChI=1S/C11H11BrF2N2O/c1-2-3-15-6-11(17)16-10-4-7(12)8(13)5-9(10)14/h2,4-5,15H,1,3,6H2,(H,16,17). The molecule has 0 fully saturated rings. The Morgan fingerprint density at radius 2 is 2.12 bits per heavy atom. The first-order chi connectivity index (χ1) is 8.04. The summed E-state index contributed by atoms with van der Waals surface area (Å²) in [5, 5.41) is 5.09. The molecule has 0 aliphatic heterocycles. The van der Waals surface area contributed by atoms with Gasteiger partial charge in [-0.2, -0.15) is 0 Å². The Morgan fingerprint density at radius 3 is 2.76 bits per heavy atom. The van der Waals surface area contributed by atoms with Crippen molar-refractivity contribution in [3.63, 3.8) is 0 Å². The van der Waals surface area contributed by atoms with E-state index in [4.69, 9.17) is 0 Å². The van der Waals surface area contributed by atoms with Gasteiger partial charge in [0.25, 0.3) is 0 Å². The molecule has 0 aliphatic carbocycles. The van der Waals surface area contributed by atoms with Gasteiger partial charge in [0.1, 0.15) is 11.6 Å². The number of halogens is 3. The molecule has 0 saturated heterocycles.